The molecule has 1 heterocycles. The summed E-state index contributed by atoms with van der Waals surface area (Å²) in [4.78, 5) is 10.9. The Kier molecular flexibility index (Phi) is 3.93. The molecule has 1 aromatic heterocycles. The lowest BCUT2D eigenvalue weighted by Crippen LogP contribution is -1.91. The smallest absolute Gasteiger partial charge is 0.371 e. The molecule has 0 amide bonds. The quantitative estimate of drug-likeness (QED) is 0.916. The number of hydrogen-bond donors (Lipinski definition) is 1. The molecule has 0 bridgehead atoms. The Bertz CT molecular complexity index is 693. The van der Waals surface area contributed by atoms with Crippen LogP contribution in [0.2, 0.25) is 0 Å². The first-order chi connectivity index (χ1) is 9.02. The minimum absolute atomic E-state index is 0.0741. The third-order valence-corrected chi connectivity index (χ3v) is 3.90. The van der Waals surface area contributed by atoms with Gasteiger partial charge >= 0.3 is 5.97 Å². The van der Waals surface area contributed by atoms with E-state index in [0.717, 1.165) is 11.8 Å². The van der Waals surface area contributed by atoms with E-state index < -0.39 is 11.8 Å². The second kappa shape index (κ2) is 5.47. The molecule has 0 aliphatic heterocycles. The highest BCUT2D eigenvalue weighted by atomic mass is 79.9. The molecule has 96 valence electrons. The van der Waals surface area contributed by atoms with E-state index in [9.17, 15) is 9.18 Å². The lowest BCUT2D eigenvalue weighted by atomic mass is 10.2. The number of aromatic carboxylic acids is 1. The van der Waals surface area contributed by atoms with Gasteiger partial charge in [0.2, 0.25) is 5.76 Å². The van der Waals surface area contributed by atoms with Crippen molar-refractivity contribution in [2.45, 2.75) is 9.99 Å². The summed E-state index contributed by atoms with van der Waals surface area (Å²) in [5.41, 5.74) is 0.188. The standard InChI is InChI=1S/C12H5BrFNO3S/c13-10-6(5-15)1-3-8(11(10)14)19-9-4-2-7(18-9)12(16)17/h1-4H,(H,16,17). The first-order valence-corrected chi connectivity index (χ1v) is 6.53. The fourth-order valence-electron chi connectivity index (χ4n) is 1.30. The van der Waals surface area contributed by atoms with Crippen LogP contribution in [-0.4, -0.2) is 11.1 Å². The van der Waals surface area contributed by atoms with Gasteiger partial charge < -0.3 is 9.52 Å². The predicted molar refractivity (Wildman–Crippen MR) is 68.6 cm³/mol. The number of hydrogen-bond acceptors (Lipinski definition) is 4. The highest BCUT2D eigenvalue weighted by molar-refractivity contribution is 9.10. The number of rotatable bonds is 3. The Labute approximate surface area is 120 Å². The van der Waals surface area contributed by atoms with E-state index in [-0.39, 0.29) is 25.8 Å². The van der Waals surface area contributed by atoms with Crippen molar-refractivity contribution in [3.05, 3.63) is 45.9 Å². The lowest BCUT2D eigenvalue weighted by Gasteiger charge is -2.03. The van der Waals surface area contributed by atoms with E-state index in [1.54, 1.807) is 0 Å². The average Bonchev–Trinajstić information content (AvgIpc) is 2.84. The van der Waals surface area contributed by atoms with Crippen LogP contribution in [-0.2, 0) is 0 Å². The second-order valence-corrected chi connectivity index (χ2v) is 5.22. The maximum absolute atomic E-state index is 13.9. The molecule has 0 unspecified atom stereocenters. The Hall–Kier alpha value is -1.78. The van der Waals surface area contributed by atoms with Crippen LogP contribution < -0.4 is 0 Å². The van der Waals surface area contributed by atoms with E-state index in [1.807, 2.05) is 6.07 Å². The van der Waals surface area contributed by atoms with Crippen molar-refractivity contribution < 1.29 is 18.7 Å². The summed E-state index contributed by atoms with van der Waals surface area (Å²) < 4.78 is 19.0. The number of nitriles is 1. The molecule has 2 aromatic rings. The molecule has 0 atom stereocenters. The van der Waals surface area contributed by atoms with Crippen molar-refractivity contribution in [1.82, 2.24) is 0 Å². The zero-order valence-corrected chi connectivity index (χ0v) is 11.6. The summed E-state index contributed by atoms with van der Waals surface area (Å²) in [6.45, 7) is 0. The molecule has 1 N–H and O–H groups in total. The van der Waals surface area contributed by atoms with Crippen molar-refractivity contribution in [1.29, 1.82) is 5.26 Å². The molecular formula is C12H5BrFNO3S. The molecule has 1 aromatic carbocycles. The summed E-state index contributed by atoms with van der Waals surface area (Å²) in [5, 5.41) is 17.7. The summed E-state index contributed by atoms with van der Waals surface area (Å²) in [6.07, 6.45) is 0. The normalized spacial score (nSPS) is 10.2. The van der Waals surface area contributed by atoms with E-state index in [0.29, 0.717) is 0 Å². The maximum atomic E-state index is 13.9. The molecular weight excluding hydrogens is 337 g/mol. The van der Waals surface area contributed by atoms with Gasteiger partial charge in [0, 0.05) is 0 Å². The predicted octanol–water partition coefficient (Wildman–Crippen LogP) is 3.90. The number of carboxylic acid groups (broad SMARTS) is 1. The first-order valence-electron chi connectivity index (χ1n) is 4.92. The molecule has 0 aliphatic rings. The number of furan rings is 1. The van der Waals surface area contributed by atoms with Gasteiger partial charge in [-0.25, -0.2) is 9.18 Å². The number of nitrogens with zero attached hydrogens (tertiary/aromatic N) is 1. The lowest BCUT2D eigenvalue weighted by molar-refractivity contribution is 0.0656. The molecule has 0 spiro atoms. The van der Waals surface area contributed by atoms with Crippen LogP contribution >= 0.6 is 27.7 Å². The Morgan fingerprint density at radius 2 is 2.16 bits per heavy atom. The van der Waals surface area contributed by atoms with Crippen molar-refractivity contribution in [2.24, 2.45) is 0 Å². The van der Waals surface area contributed by atoms with Crippen molar-refractivity contribution >= 4 is 33.7 Å². The highest BCUT2D eigenvalue weighted by Crippen LogP contribution is 2.35. The fourth-order valence-corrected chi connectivity index (χ4v) is 2.67. The summed E-state index contributed by atoms with van der Waals surface area (Å²) in [7, 11) is 0. The Morgan fingerprint density at radius 3 is 2.74 bits per heavy atom. The molecule has 0 radical (unpaired) electrons. The van der Waals surface area contributed by atoms with E-state index in [1.165, 1.54) is 24.3 Å². The van der Waals surface area contributed by atoms with Gasteiger partial charge in [-0.15, -0.1) is 0 Å². The molecule has 19 heavy (non-hydrogen) atoms. The van der Waals surface area contributed by atoms with Gasteiger partial charge in [-0.2, -0.15) is 5.26 Å². The first kappa shape index (κ1) is 13.6. The Morgan fingerprint density at radius 1 is 1.42 bits per heavy atom. The zero-order valence-electron chi connectivity index (χ0n) is 9.18. The van der Waals surface area contributed by atoms with E-state index in [2.05, 4.69) is 15.9 Å². The molecule has 0 aliphatic carbocycles. The van der Waals surface area contributed by atoms with Gasteiger partial charge in [0.05, 0.1) is 14.9 Å². The largest absolute Gasteiger partial charge is 0.475 e. The molecule has 0 fully saturated rings. The van der Waals surface area contributed by atoms with Crippen LogP contribution in [0.4, 0.5) is 4.39 Å². The molecule has 7 heteroatoms. The van der Waals surface area contributed by atoms with Crippen molar-refractivity contribution in [2.75, 3.05) is 0 Å². The third kappa shape index (κ3) is 2.80. The van der Waals surface area contributed by atoms with Crippen LogP contribution in [0.25, 0.3) is 0 Å². The maximum Gasteiger partial charge on any atom is 0.371 e. The van der Waals surface area contributed by atoms with Crippen LogP contribution in [0.15, 0.2) is 43.1 Å². The zero-order chi connectivity index (χ0) is 14.0. The Balaban J connectivity index is 2.31. The van der Waals surface area contributed by atoms with Crippen LogP contribution in [0, 0.1) is 17.1 Å². The summed E-state index contributed by atoms with van der Waals surface area (Å²) in [6, 6.07) is 7.49. The second-order valence-electron chi connectivity index (χ2n) is 3.38. The van der Waals surface area contributed by atoms with Crippen molar-refractivity contribution in [3.8, 4) is 6.07 Å². The molecule has 2 rings (SSSR count). The van der Waals surface area contributed by atoms with Gasteiger partial charge in [-0.1, -0.05) is 0 Å². The van der Waals surface area contributed by atoms with Gasteiger partial charge in [-0.3, -0.25) is 0 Å². The summed E-state index contributed by atoms with van der Waals surface area (Å²) >= 11 is 3.94. The minimum atomic E-state index is -1.19. The number of carboxylic acids is 1. The minimum Gasteiger partial charge on any atom is -0.475 e. The number of benzene rings is 1. The summed E-state index contributed by atoms with van der Waals surface area (Å²) in [5.74, 6) is -1.98. The number of carbonyl (C=O) groups is 1. The average molecular weight is 342 g/mol. The number of halogens is 2. The van der Waals surface area contributed by atoms with E-state index in [4.69, 9.17) is 14.8 Å². The van der Waals surface area contributed by atoms with Gasteiger partial charge in [-0.05, 0) is 52.0 Å². The molecule has 0 saturated carbocycles. The van der Waals surface area contributed by atoms with Crippen LogP contribution in [0.1, 0.15) is 16.1 Å². The molecule has 0 saturated heterocycles. The third-order valence-electron chi connectivity index (χ3n) is 2.17. The highest BCUT2D eigenvalue weighted by Gasteiger charge is 2.15. The SMILES string of the molecule is N#Cc1ccc(Sc2ccc(C(=O)O)o2)c(F)c1Br. The van der Waals surface area contributed by atoms with Crippen LogP contribution in [0.3, 0.4) is 0 Å². The van der Waals surface area contributed by atoms with Crippen LogP contribution in [0.5, 0.6) is 0 Å². The topological polar surface area (TPSA) is 74.2 Å². The van der Waals surface area contributed by atoms with Crippen molar-refractivity contribution in [3.63, 3.8) is 0 Å². The molecule has 4 nitrogen and oxygen atoms in total. The monoisotopic (exact) mass is 341 g/mol. The van der Waals surface area contributed by atoms with Gasteiger partial charge in [0.15, 0.2) is 10.9 Å². The van der Waals surface area contributed by atoms with Gasteiger partial charge in [0.25, 0.3) is 0 Å². The van der Waals surface area contributed by atoms with E-state index >= 15 is 0 Å². The van der Waals surface area contributed by atoms with Gasteiger partial charge in [0.1, 0.15) is 6.07 Å². The fraction of sp³-hybridized carbons (Fsp3) is 0.